The Balaban J connectivity index is 1.97. The molecule has 0 spiro atoms. The molecule has 15 heavy (non-hydrogen) atoms. The van der Waals surface area contributed by atoms with E-state index in [1.165, 1.54) is 0 Å². The van der Waals surface area contributed by atoms with Crippen molar-refractivity contribution in [3.8, 4) is 5.88 Å². The Bertz CT molecular complexity index is 363. The molecule has 1 saturated heterocycles. The second kappa shape index (κ2) is 3.86. The summed E-state index contributed by atoms with van der Waals surface area (Å²) in [7, 11) is 1.57. The number of pyridine rings is 1. The van der Waals surface area contributed by atoms with Gasteiger partial charge in [-0.2, -0.15) is 0 Å². The number of ether oxygens (including phenoxy) is 1. The molecule has 5 nitrogen and oxygen atoms in total. The second-order valence-electron chi connectivity index (χ2n) is 3.53. The summed E-state index contributed by atoms with van der Waals surface area (Å²) in [5.74, 6) is 0.580. The van der Waals surface area contributed by atoms with Crippen molar-refractivity contribution in [2.24, 2.45) is 5.73 Å². The van der Waals surface area contributed by atoms with Crippen molar-refractivity contribution in [2.45, 2.75) is 12.6 Å². The van der Waals surface area contributed by atoms with Crippen LogP contribution in [0.15, 0.2) is 18.3 Å². The Kier molecular flexibility index (Phi) is 2.55. The van der Waals surface area contributed by atoms with Crippen molar-refractivity contribution >= 4 is 5.91 Å². The zero-order valence-electron chi connectivity index (χ0n) is 8.51. The van der Waals surface area contributed by atoms with Crippen LogP contribution in [0.4, 0.5) is 0 Å². The van der Waals surface area contributed by atoms with Crippen LogP contribution in [0.5, 0.6) is 5.88 Å². The van der Waals surface area contributed by atoms with Gasteiger partial charge < -0.3 is 15.4 Å². The number of nitrogens with zero attached hydrogens (tertiary/aromatic N) is 2. The van der Waals surface area contributed by atoms with Gasteiger partial charge in [-0.3, -0.25) is 4.79 Å². The standard InChI is InChI=1S/C10H13N3O2/c1-15-9-3-2-7(4-12-9)5-13-6-8(11)10(13)14/h2-4,8H,5-6,11H2,1H3. The molecule has 80 valence electrons. The summed E-state index contributed by atoms with van der Waals surface area (Å²) >= 11 is 0. The maximum atomic E-state index is 11.2. The molecule has 1 fully saturated rings. The first-order valence-corrected chi connectivity index (χ1v) is 4.74. The molecule has 1 aliphatic heterocycles. The number of nitrogens with two attached hydrogens (primary N) is 1. The monoisotopic (exact) mass is 207 g/mol. The number of hydrogen-bond acceptors (Lipinski definition) is 4. The molecule has 2 rings (SSSR count). The second-order valence-corrected chi connectivity index (χ2v) is 3.53. The lowest BCUT2D eigenvalue weighted by molar-refractivity contribution is -0.143. The Morgan fingerprint density at radius 1 is 1.67 bits per heavy atom. The quantitative estimate of drug-likeness (QED) is 0.694. The average molecular weight is 207 g/mol. The Morgan fingerprint density at radius 3 is 2.93 bits per heavy atom. The predicted molar refractivity (Wildman–Crippen MR) is 54.2 cm³/mol. The molecular weight excluding hydrogens is 194 g/mol. The highest BCUT2D eigenvalue weighted by Gasteiger charge is 2.32. The van der Waals surface area contributed by atoms with E-state index in [-0.39, 0.29) is 11.9 Å². The van der Waals surface area contributed by atoms with E-state index in [2.05, 4.69) is 4.98 Å². The number of likely N-dealkylation sites (tertiary alicyclic amines) is 1. The first-order valence-electron chi connectivity index (χ1n) is 4.74. The SMILES string of the molecule is COc1ccc(CN2CC(N)C2=O)cn1. The van der Waals surface area contributed by atoms with E-state index in [9.17, 15) is 4.79 Å². The largest absolute Gasteiger partial charge is 0.481 e. The molecule has 1 atom stereocenters. The number of carbonyl (C=O) groups is 1. The number of rotatable bonds is 3. The molecule has 0 radical (unpaired) electrons. The van der Waals surface area contributed by atoms with Gasteiger partial charge in [0.2, 0.25) is 11.8 Å². The maximum Gasteiger partial charge on any atom is 0.241 e. The van der Waals surface area contributed by atoms with Gasteiger partial charge in [0.1, 0.15) is 6.04 Å². The zero-order valence-corrected chi connectivity index (χ0v) is 8.51. The van der Waals surface area contributed by atoms with Crippen LogP contribution < -0.4 is 10.5 Å². The molecule has 0 aliphatic carbocycles. The normalized spacial score (nSPS) is 20.0. The van der Waals surface area contributed by atoms with Crippen LogP contribution >= 0.6 is 0 Å². The van der Waals surface area contributed by atoms with Gasteiger partial charge in [-0.1, -0.05) is 6.07 Å². The minimum atomic E-state index is -0.309. The number of methoxy groups -OCH3 is 1. The van der Waals surface area contributed by atoms with Crippen LogP contribution in [-0.4, -0.2) is 35.5 Å². The summed E-state index contributed by atoms with van der Waals surface area (Å²) < 4.78 is 4.94. The van der Waals surface area contributed by atoms with Gasteiger partial charge >= 0.3 is 0 Å². The number of carbonyl (C=O) groups excluding carboxylic acids is 1. The van der Waals surface area contributed by atoms with E-state index in [4.69, 9.17) is 10.5 Å². The van der Waals surface area contributed by atoms with Crippen molar-refractivity contribution in [1.29, 1.82) is 0 Å². The summed E-state index contributed by atoms with van der Waals surface area (Å²) in [4.78, 5) is 17.0. The molecule has 2 N–H and O–H groups in total. The topological polar surface area (TPSA) is 68.5 Å². The van der Waals surface area contributed by atoms with E-state index in [1.54, 1.807) is 24.3 Å². The molecule has 0 bridgehead atoms. The molecule has 1 unspecified atom stereocenters. The summed E-state index contributed by atoms with van der Waals surface area (Å²) in [6.07, 6.45) is 1.70. The van der Waals surface area contributed by atoms with E-state index >= 15 is 0 Å². The lowest BCUT2D eigenvalue weighted by Gasteiger charge is -2.36. The number of aromatic nitrogens is 1. The fourth-order valence-electron chi connectivity index (χ4n) is 1.52. The van der Waals surface area contributed by atoms with E-state index in [1.807, 2.05) is 6.07 Å². The lowest BCUT2D eigenvalue weighted by atomic mass is 10.1. The minimum absolute atomic E-state index is 0.00539. The highest BCUT2D eigenvalue weighted by atomic mass is 16.5. The molecule has 2 heterocycles. The Morgan fingerprint density at radius 2 is 2.47 bits per heavy atom. The zero-order chi connectivity index (χ0) is 10.8. The lowest BCUT2D eigenvalue weighted by Crippen LogP contribution is -2.60. The third kappa shape index (κ3) is 1.92. The first-order chi connectivity index (χ1) is 7.20. The molecular formula is C10H13N3O2. The van der Waals surface area contributed by atoms with Gasteiger partial charge in [-0.25, -0.2) is 4.98 Å². The van der Waals surface area contributed by atoms with Crippen molar-refractivity contribution in [3.05, 3.63) is 23.9 Å². The van der Waals surface area contributed by atoms with Crippen molar-refractivity contribution in [3.63, 3.8) is 0 Å². The fourth-order valence-corrected chi connectivity index (χ4v) is 1.52. The van der Waals surface area contributed by atoms with Gasteiger partial charge in [0.15, 0.2) is 0 Å². The molecule has 5 heteroatoms. The average Bonchev–Trinajstić information content (AvgIpc) is 2.29. The smallest absolute Gasteiger partial charge is 0.241 e. The molecule has 1 aliphatic rings. The van der Waals surface area contributed by atoms with Crippen LogP contribution in [0, 0.1) is 0 Å². The van der Waals surface area contributed by atoms with Crippen LogP contribution in [0.1, 0.15) is 5.56 Å². The van der Waals surface area contributed by atoms with Gasteiger partial charge in [-0.15, -0.1) is 0 Å². The number of β-lactam (4-membered cyclic amide) rings is 1. The summed E-state index contributed by atoms with van der Waals surface area (Å²) in [5.41, 5.74) is 6.47. The third-order valence-corrected chi connectivity index (χ3v) is 2.43. The van der Waals surface area contributed by atoms with E-state index in [0.717, 1.165) is 5.56 Å². The van der Waals surface area contributed by atoms with Crippen molar-refractivity contribution in [1.82, 2.24) is 9.88 Å². The van der Waals surface area contributed by atoms with Gasteiger partial charge in [0, 0.05) is 25.4 Å². The number of hydrogen-bond donors (Lipinski definition) is 1. The summed E-state index contributed by atoms with van der Waals surface area (Å²) in [6, 6.07) is 3.36. The highest BCUT2D eigenvalue weighted by Crippen LogP contribution is 2.14. The van der Waals surface area contributed by atoms with Crippen LogP contribution in [0.25, 0.3) is 0 Å². The molecule has 1 aromatic heterocycles. The first kappa shape index (κ1) is 9.92. The van der Waals surface area contributed by atoms with Crippen LogP contribution in [0.2, 0.25) is 0 Å². The Labute approximate surface area is 87.8 Å². The van der Waals surface area contributed by atoms with Crippen molar-refractivity contribution < 1.29 is 9.53 Å². The summed E-state index contributed by atoms with van der Waals surface area (Å²) in [5, 5.41) is 0. The fraction of sp³-hybridized carbons (Fsp3) is 0.400. The number of amides is 1. The molecule has 1 aromatic rings. The van der Waals surface area contributed by atoms with E-state index < -0.39 is 0 Å². The maximum absolute atomic E-state index is 11.2. The third-order valence-electron chi connectivity index (χ3n) is 2.43. The van der Waals surface area contributed by atoms with Crippen LogP contribution in [0.3, 0.4) is 0 Å². The molecule has 1 amide bonds. The summed E-state index contributed by atoms with van der Waals surface area (Å²) in [6.45, 7) is 1.20. The van der Waals surface area contributed by atoms with Gasteiger partial charge in [0.05, 0.1) is 7.11 Å². The van der Waals surface area contributed by atoms with Gasteiger partial charge in [-0.05, 0) is 5.56 Å². The molecule has 0 aromatic carbocycles. The molecule has 0 saturated carbocycles. The predicted octanol–water partition coefficient (Wildman–Crippen LogP) is -0.240. The van der Waals surface area contributed by atoms with Gasteiger partial charge in [0.25, 0.3) is 0 Å². The highest BCUT2D eigenvalue weighted by molar-refractivity contribution is 5.87. The Hall–Kier alpha value is -1.62. The van der Waals surface area contributed by atoms with E-state index in [0.29, 0.717) is 19.0 Å². The minimum Gasteiger partial charge on any atom is -0.481 e. The van der Waals surface area contributed by atoms with Crippen molar-refractivity contribution in [2.75, 3.05) is 13.7 Å². The van der Waals surface area contributed by atoms with Crippen LogP contribution in [-0.2, 0) is 11.3 Å².